The van der Waals surface area contributed by atoms with E-state index in [1.807, 2.05) is 13.8 Å². The number of nitrogens with zero attached hydrogens (tertiary/aromatic N) is 2. The van der Waals surface area contributed by atoms with Crippen molar-refractivity contribution in [2.75, 3.05) is 51.4 Å². The van der Waals surface area contributed by atoms with Gasteiger partial charge in [0.15, 0.2) is 5.96 Å². The number of ether oxygens (including phenoxy) is 1. The maximum Gasteiger partial charge on any atom is 0.191 e. The van der Waals surface area contributed by atoms with Gasteiger partial charge in [0.25, 0.3) is 0 Å². The van der Waals surface area contributed by atoms with Crippen LogP contribution in [0.1, 0.15) is 31.9 Å². The van der Waals surface area contributed by atoms with Gasteiger partial charge in [-0.25, -0.2) is 12.8 Å². The van der Waals surface area contributed by atoms with Gasteiger partial charge in [0.05, 0.1) is 31.6 Å². The quantitative estimate of drug-likeness (QED) is 0.459. The summed E-state index contributed by atoms with van der Waals surface area (Å²) in [4.78, 5) is 7.04. The molecule has 1 aliphatic rings. The van der Waals surface area contributed by atoms with E-state index in [1.165, 1.54) is 18.4 Å². The third kappa shape index (κ3) is 8.67. The zero-order valence-electron chi connectivity index (χ0n) is 17.5. The highest BCUT2D eigenvalue weighted by molar-refractivity contribution is 7.90. The zero-order chi connectivity index (χ0) is 21.3. The first-order valence-electron chi connectivity index (χ1n) is 10.1. The van der Waals surface area contributed by atoms with Gasteiger partial charge in [0.1, 0.15) is 15.7 Å². The molecule has 0 radical (unpaired) electrons. The minimum atomic E-state index is -3.00. The van der Waals surface area contributed by atoms with E-state index in [-0.39, 0.29) is 23.7 Å². The summed E-state index contributed by atoms with van der Waals surface area (Å²) in [5.41, 5.74) is 1.01. The van der Waals surface area contributed by atoms with Gasteiger partial charge in [-0.15, -0.1) is 0 Å². The van der Waals surface area contributed by atoms with Crippen molar-refractivity contribution in [2.24, 2.45) is 4.99 Å². The summed E-state index contributed by atoms with van der Waals surface area (Å²) in [6.45, 7) is 8.06. The number of hydrogen-bond donors (Lipinski definition) is 2. The second-order valence-electron chi connectivity index (χ2n) is 7.40. The van der Waals surface area contributed by atoms with Gasteiger partial charge in [-0.05, 0) is 38.0 Å². The van der Waals surface area contributed by atoms with Crippen LogP contribution in [0.2, 0.25) is 0 Å². The Labute approximate surface area is 173 Å². The number of benzene rings is 1. The molecule has 1 fully saturated rings. The molecule has 1 heterocycles. The predicted molar refractivity (Wildman–Crippen MR) is 114 cm³/mol. The fourth-order valence-corrected chi connectivity index (χ4v) is 3.98. The van der Waals surface area contributed by atoms with Gasteiger partial charge in [-0.2, -0.15) is 0 Å². The summed E-state index contributed by atoms with van der Waals surface area (Å²) in [6.07, 6.45) is 1.75. The lowest BCUT2D eigenvalue weighted by molar-refractivity contribution is 0.0179. The molecular weight excluding hydrogens is 395 g/mol. The molecule has 29 heavy (non-hydrogen) atoms. The molecule has 2 N–H and O–H groups in total. The van der Waals surface area contributed by atoms with Crippen molar-refractivity contribution in [3.63, 3.8) is 0 Å². The van der Waals surface area contributed by atoms with Crippen molar-refractivity contribution >= 4 is 15.8 Å². The van der Waals surface area contributed by atoms with Gasteiger partial charge >= 0.3 is 0 Å². The van der Waals surface area contributed by atoms with Crippen LogP contribution in [-0.4, -0.2) is 76.7 Å². The molecule has 1 aromatic rings. The van der Waals surface area contributed by atoms with Crippen LogP contribution in [0.3, 0.4) is 0 Å². The van der Waals surface area contributed by atoms with Crippen molar-refractivity contribution in [3.05, 3.63) is 35.6 Å². The molecule has 0 amide bonds. The molecule has 2 rings (SSSR count). The van der Waals surface area contributed by atoms with Crippen molar-refractivity contribution in [3.8, 4) is 0 Å². The molecule has 1 aromatic carbocycles. The number of guanidine groups is 1. The Bertz CT molecular complexity index is 749. The molecule has 1 aliphatic heterocycles. The molecule has 0 spiro atoms. The second-order valence-corrected chi connectivity index (χ2v) is 9.66. The first-order valence-corrected chi connectivity index (χ1v) is 12.1. The van der Waals surface area contributed by atoms with Gasteiger partial charge in [0, 0.05) is 31.9 Å². The molecule has 2 unspecified atom stereocenters. The summed E-state index contributed by atoms with van der Waals surface area (Å²) in [7, 11) is -3.00. The van der Waals surface area contributed by atoms with E-state index in [4.69, 9.17) is 9.73 Å². The SMILES string of the molecule is CCNC(=NCC(c1ccc(F)cc1)N1CCOCC1)NC(C)CCS(C)(=O)=O. The van der Waals surface area contributed by atoms with Crippen molar-refractivity contribution in [2.45, 2.75) is 32.4 Å². The van der Waals surface area contributed by atoms with Crippen LogP contribution in [0.25, 0.3) is 0 Å². The summed E-state index contributed by atoms with van der Waals surface area (Å²) in [5, 5.41) is 6.50. The number of sulfone groups is 1. The van der Waals surface area contributed by atoms with Crippen molar-refractivity contribution in [1.29, 1.82) is 0 Å². The third-order valence-electron chi connectivity index (χ3n) is 4.81. The van der Waals surface area contributed by atoms with Crippen LogP contribution in [0.5, 0.6) is 0 Å². The van der Waals surface area contributed by atoms with Crippen LogP contribution >= 0.6 is 0 Å². The smallest absolute Gasteiger partial charge is 0.191 e. The summed E-state index contributed by atoms with van der Waals surface area (Å²) >= 11 is 0. The Morgan fingerprint density at radius 1 is 1.28 bits per heavy atom. The minimum Gasteiger partial charge on any atom is -0.379 e. The number of rotatable bonds is 9. The highest BCUT2D eigenvalue weighted by atomic mass is 32.2. The zero-order valence-corrected chi connectivity index (χ0v) is 18.3. The van der Waals surface area contributed by atoms with Crippen LogP contribution in [0.4, 0.5) is 4.39 Å². The highest BCUT2D eigenvalue weighted by Crippen LogP contribution is 2.22. The Hall–Kier alpha value is -1.71. The maximum atomic E-state index is 13.4. The van der Waals surface area contributed by atoms with Crippen molar-refractivity contribution in [1.82, 2.24) is 15.5 Å². The van der Waals surface area contributed by atoms with Crippen LogP contribution in [-0.2, 0) is 14.6 Å². The number of aliphatic imine (C=N–C) groups is 1. The average Bonchev–Trinajstić information content (AvgIpc) is 2.68. The minimum absolute atomic E-state index is 0.0151. The Morgan fingerprint density at radius 3 is 2.52 bits per heavy atom. The maximum absolute atomic E-state index is 13.4. The second kappa shape index (κ2) is 11.5. The van der Waals surface area contributed by atoms with E-state index in [0.29, 0.717) is 38.7 Å². The summed E-state index contributed by atoms with van der Waals surface area (Å²) in [6, 6.07) is 6.54. The lowest BCUT2D eigenvalue weighted by Crippen LogP contribution is -2.44. The molecule has 0 aliphatic carbocycles. The largest absolute Gasteiger partial charge is 0.379 e. The summed E-state index contributed by atoms with van der Waals surface area (Å²) < 4.78 is 41.7. The Morgan fingerprint density at radius 2 is 1.93 bits per heavy atom. The highest BCUT2D eigenvalue weighted by Gasteiger charge is 2.23. The monoisotopic (exact) mass is 428 g/mol. The van der Waals surface area contributed by atoms with Gasteiger partial charge in [-0.3, -0.25) is 9.89 Å². The van der Waals surface area contributed by atoms with E-state index < -0.39 is 9.84 Å². The fourth-order valence-electron chi connectivity index (χ4n) is 3.20. The Kier molecular flexibility index (Phi) is 9.32. The molecule has 7 nitrogen and oxygen atoms in total. The third-order valence-corrected chi connectivity index (χ3v) is 5.79. The molecule has 0 aromatic heterocycles. The first-order chi connectivity index (χ1) is 13.8. The molecule has 0 saturated carbocycles. The molecule has 164 valence electrons. The fraction of sp³-hybridized carbons (Fsp3) is 0.650. The van der Waals surface area contributed by atoms with Crippen LogP contribution in [0, 0.1) is 5.82 Å². The van der Waals surface area contributed by atoms with E-state index in [1.54, 1.807) is 12.1 Å². The van der Waals surface area contributed by atoms with E-state index in [0.717, 1.165) is 18.7 Å². The number of hydrogen-bond acceptors (Lipinski definition) is 5. The lowest BCUT2D eigenvalue weighted by Gasteiger charge is -2.34. The lowest BCUT2D eigenvalue weighted by atomic mass is 10.0. The van der Waals surface area contributed by atoms with Crippen LogP contribution < -0.4 is 10.6 Å². The molecule has 9 heteroatoms. The first kappa shape index (κ1) is 23.6. The van der Waals surface area contributed by atoms with Crippen LogP contribution in [0.15, 0.2) is 29.3 Å². The molecule has 2 atom stereocenters. The van der Waals surface area contributed by atoms with E-state index in [2.05, 4.69) is 15.5 Å². The normalized spacial score (nSPS) is 18.3. The van der Waals surface area contributed by atoms with Crippen molar-refractivity contribution < 1.29 is 17.5 Å². The number of morpholine rings is 1. The van der Waals surface area contributed by atoms with E-state index >= 15 is 0 Å². The Balaban J connectivity index is 2.10. The van der Waals surface area contributed by atoms with Gasteiger partial charge < -0.3 is 15.4 Å². The number of halogens is 1. The number of nitrogens with one attached hydrogen (secondary N) is 2. The summed E-state index contributed by atoms with van der Waals surface area (Å²) in [5.74, 6) is 0.522. The van der Waals surface area contributed by atoms with E-state index in [9.17, 15) is 12.8 Å². The molecule has 1 saturated heterocycles. The molecule has 0 bridgehead atoms. The standard InChI is InChI=1S/C20H33FN4O3S/c1-4-22-20(24-16(2)9-14-29(3,26)27)23-15-19(25-10-12-28-13-11-25)17-5-7-18(21)8-6-17/h5-8,16,19H,4,9-15H2,1-3H3,(H2,22,23,24). The average molecular weight is 429 g/mol. The van der Waals surface area contributed by atoms with Gasteiger partial charge in [-0.1, -0.05) is 12.1 Å². The van der Waals surface area contributed by atoms with Gasteiger partial charge in [0.2, 0.25) is 0 Å². The predicted octanol–water partition coefficient (Wildman–Crippen LogP) is 1.58. The molecular formula is C20H33FN4O3S. The topological polar surface area (TPSA) is 83.0 Å².